The lowest BCUT2D eigenvalue weighted by atomic mass is 9.77. The summed E-state index contributed by atoms with van der Waals surface area (Å²) in [6.45, 7) is 6.59. The van der Waals surface area contributed by atoms with E-state index in [1.165, 1.54) is 0 Å². The van der Waals surface area contributed by atoms with E-state index in [1.54, 1.807) is 29.9 Å². The molecule has 0 bridgehead atoms. The largest absolute Gasteiger partial charge is 0.381 e. The van der Waals surface area contributed by atoms with Crippen LogP contribution in [0, 0.1) is 11.8 Å². The first-order valence-electron chi connectivity index (χ1n) is 9.46. The van der Waals surface area contributed by atoms with Gasteiger partial charge in [-0.15, -0.1) is 0 Å². The molecule has 6 nitrogen and oxygen atoms in total. The minimum Gasteiger partial charge on any atom is -0.381 e. The quantitative estimate of drug-likeness (QED) is 0.756. The number of nitrogens with one attached hydrogen (secondary N) is 2. The van der Waals surface area contributed by atoms with Crippen LogP contribution in [0.15, 0.2) is 41.3 Å². The van der Waals surface area contributed by atoms with Gasteiger partial charge in [0.25, 0.3) is 5.56 Å². The summed E-state index contributed by atoms with van der Waals surface area (Å²) in [5.74, 6) is 0.219. The fraction of sp³-hybridized carbons (Fsp3) is 0.429. The van der Waals surface area contributed by atoms with Gasteiger partial charge in [0.15, 0.2) is 0 Å². The molecule has 1 aliphatic rings. The zero-order valence-corrected chi connectivity index (χ0v) is 16.3. The number of aromatic nitrogens is 1. The second-order valence-corrected chi connectivity index (χ2v) is 7.54. The average molecular weight is 368 g/mol. The Labute approximate surface area is 159 Å². The number of hydrogen-bond acceptors (Lipinski definition) is 4. The zero-order valence-electron chi connectivity index (χ0n) is 16.3. The van der Waals surface area contributed by atoms with Crippen molar-refractivity contribution in [3.05, 3.63) is 58.0 Å². The van der Waals surface area contributed by atoms with Crippen molar-refractivity contribution >= 4 is 17.3 Å². The lowest BCUT2D eigenvalue weighted by Crippen LogP contribution is -2.43. The number of amides is 1. The van der Waals surface area contributed by atoms with Crippen molar-refractivity contribution in [3.63, 3.8) is 0 Å². The molecule has 2 heterocycles. The molecule has 0 saturated heterocycles. The van der Waals surface area contributed by atoms with Crippen LogP contribution in [0.25, 0.3) is 0 Å². The van der Waals surface area contributed by atoms with Crippen LogP contribution in [0.1, 0.15) is 49.2 Å². The Bertz CT molecular complexity index is 905. The van der Waals surface area contributed by atoms with Crippen LogP contribution >= 0.6 is 0 Å². The molecule has 1 unspecified atom stereocenters. The molecule has 0 spiro atoms. The van der Waals surface area contributed by atoms with Gasteiger partial charge in [-0.05, 0) is 41.8 Å². The molecule has 1 amide bonds. The topological polar surface area (TPSA) is 89.1 Å². The molecular formula is C21H28N4O2. The van der Waals surface area contributed by atoms with Gasteiger partial charge in [0, 0.05) is 36.5 Å². The Morgan fingerprint density at radius 1 is 1.37 bits per heavy atom. The molecular weight excluding hydrogens is 340 g/mol. The molecule has 1 aliphatic heterocycles. The Morgan fingerprint density at radius 3 is 2.78 bits per heavy atom. The number of pyridine rings is 1. The first-order chi connectivity index (χ1) is 12.8. The van der Waals surface area contributed by atoms with Crippen LogP contribution in [0.4, 0.5) is 11.4 Å². The molecule has 144 valence electrons. The van der Waals surface area contributed by atoms with E-state index in [0.717, 1.165) is 17.7 Å². The average Bonchev–Trinajstić information content (AvgIpc) is 2.66. The van der Waals surface area contributed by atoms with Crippen molar-refractivity contribution in [1.29, 1.82) is 0 Å². The smallest absolute Gasteiger partial charge is 0.273 e. The number of benzene rings is 1. The molecule has 0 radical (unpaired) electrons. The lowest BCUT2D eigenvalue weighted by molar-refractivity contribution is 0.1000. The summed E-state index contributed by atoms with van der Waals surface area (Å²) in [6.07, 6.45) is 2.79. The van der Waals surface area contributed by atoms with E-state index < -0.39 is 5.91 Å². The fourth-order valence-electron chi connectivity index (χ4n) is 3.90. The third-order valence-corrected chi connectivity index (χ3v) is 5.78. The highest BCUT2D eigenvalue weighted by Gasteiger charge is 2.36. The monoisotopic (exact) mass is 368 g/mol. The minimum absolute atomic E-state index is 0.0732. The molecule has 1 aromatic carbocycles. The Hall–Kier alpha value is -2.76. The SMILES string of the molecule is CCC(C)[C@@H]1Nc2ccc(C(N)=O)cc2[C@H](Nc2cccn(C)c2=O)[C@H]1C. The van der Waals surface area contributed by atoms with Crippen molar-refractivity contribution in [1.82, 2.24) is 4.57 Å². The number of primary amides is 1. The van der Waals surface area contributed by atoms with Gasteiger partial charge in [0.05, 0.1) is 6.04 Å². The highest BCUT2D eigenvalue weighted by Crippen LogP contribution is 2.41. The zero-order chi connectivity index (χ0) is 19.7. The number of rotatable bonds is 5. The molecule has 2 aromatic rings. The van der Waals surface area contributed by atoms with Crippen LogP contribution in [0.2, 0.25) is 0 Å². The minimum atomic E-state index is -0.455. The van der Waals surface area contributed by atoms with E-state index in [1.807, 2.05) is 18.2 Å². The van der Waals surface area contributed by atoms with E-state index in [9.17, 15) is 9.59 Å². The number of hydrogen-bond donors (Lipinski definition) is 3. The number of anilines is 2. The number of aryl methyl sites for hydroxylation is 1. The normalized spacial score (nSPS) is 22.4. The van der Waals surface area contributed by atoms with Crippen LogP contribution in [0.5, 0.6) is 0 Å². The summed E-state index contributed by atoms with van der Waals surface area (Å²) < 4.78 is 1.56. The van der Waals surface area contributed by atoms with Gasteiger partial charge < -0.3 is 20.9 Å². The van der Waals surface area contributed by atoms with Crippen LogP contribution in [0.3, 0.4) is 0 Å². The molecule has 6 heteroatoms. The maximum atomic E-state index is 12.5. The summed E-state index contributed by atoms with van der Waals surface area (Å²) in [5.41, 5.74) is 8.38. The van der Waals surface area contributed by atoms with Gasteiger partial charge in [-0.3, -0.25) is 9.59 Å². The molecule has 0 saturated carbocycles. The maximum absolute atomic E-state index is 12.5. The molecule has 4 N–H and O–H groups in total. The van der Waals surface area contributed by atoms with E-state index >= 15 is 0 Å². The Balaban J connectivity index is 2.08. The third kappa shape index (κ3) is 3.56. The van der Waals surface area contributed by atoms with Crippen molar-refractivity contribution in [3.8, 4) is 0 Å². The summed E-state index contributed by atoms with van der Waals surface area (Å²) >= 11 is 0. The molecule has 0 aliphatic carbocycles. The lowest BCUT2D eigenvalue weighted by Gasteiger charge is -2.42. The highest BCUT2D eigenvalue weighted by molar-refractivity contribution is 5.93. The van der Waals surface area contributed by atoms with Gasteiger partial charge in [-0.25, -0.2) is 0 Å². The second-order valence-electron chi connectivity index (χ2n) is 7.54. The standard InChI is InChI=1S/C21H28N4O2/c1-5-12(2)18-13(3)19(24-17-7-6-10-25(4)21(17)27)15-11-14(20(22)26)8-9-16(15)23-18/h6-13,18-19,23-24H,5H2,1-4H3,(H2,22,26)/t12?,13-,18-,19+/m0/s1. The number of fused-ring (bicyclic) bond motifs is 1. The van der Waals surface area contributed by atoms with E-state index in [4.69, 9.17) is 5.73 Å². The van der Waals surface area contributed by atoms with Gasteiger partial charge in [-0.2, -0.15) is 0 Å². The Morgan fingerprint density at radius 2 is 2.11 bits per heavy atom. The van der Waals surface area contributed by atoms with Crippen LogP contribution in [-0.4, -0.2) is 16.5 Å². The predicted octanol–water partition coefficient (Wildman–Crippen LogP) is 3.11. The molecule has 1 aromatic heterocycles. The number of nitrogens with two attached hydrogens (primary N) is 1. The number of carbonyl (C=O) groups excluding carboxylic acids is 1. The third-order valence-electron chi connectivity index (χ3n) is 5.78. The number of nitrogens with zero attached hydrogens (tertiary/aromatic N) is 1. The number of carbonyl (C=O) groups is 1. The van der Waals surface area contributed by atoms with E-state index in [2.05, 4.69) is 31.4 Å². The van der Waals surface area contributed by atoms with E-state index in [0.29, 0.717) is 17.2 Å². The van der Waals surface area contributed by atoms with Gasteiger partial charge in [-0.1, -0.05) is 27.2 Å². The first-order valence-corrected chi connectivity index (χ1v) is 9.46. The predicted molar refractivity (Wildman–Crippen MR) is 109 cm³/mol. The van der Waals surface area contributed by atoms with Gasteiger partial charge >= 0.3 is 0 Å². The van der Waals surface area contributed by atoms with Gasteiger partial charge in [0.1, 0.15) is 5.69 Å². The van der Waals surface area contributed by atoms with Crippen molar-refractivity contribution < 1.29 is 4.79 Å². The molecule has 4 atom stereocenters. The summed E-state index contributed by atoms with van der Waals surface area (Å²) in [5, 5.41) is 7.08. The first kappa shape index (κ1) is 19.0. The van der Waals surface area contributed by atoms with Gasteiger partial charge in [0.2, 0.25) is 5.91 Å². The van der Waals surface area contributed by atoms with E-state index in [-0.39, 0.29) is 23.6 Å². The van der Waals surface area contributed by atoms with Crippen LogP contribution < -0.4 is 21.9 Å². The molecule has 3 rings (SSSR count). The van der Waals surface area contributed by atoms with Crippen molar-refractivity contribution in [2.45, 2.75) is 39.3 Å². The van der Waals surface area contributed by atoms with Crippen molar-refractivity contribution in [2.75, 3.05) is 10.6 Å². The summed E-state index contributed by atoms with van der Waals surface area (Å²) in [7, 11) is 1.74. The maximum Gasteiger partial charge on any atom is 0.273 e. The fourth-order valence-corrected chi connectivity index (χ4v) is 3.90. The molecule has 27 heavy (non-hydrogen) atoms. The van der Waals surface area contributed by atoms with Crippen LogP contribution in [-0.2, 0) is 7.05 Å². The molecule has 0 fully saturated rings. The summed E-state index contributed by atoms with van der Waals surface area (Å²) in [6, 6.07) is 9.29. The highest BCUT2D eigenvalue weighted by atomic mass is 16.1. The van der Waals surface area contributed by atoms with Crippen molar-refractivity contribution in [2.24, 2.45) is 24.6 Å². The second kappa shape index (κ2) is 7.47. The summed E-state index contributed by atoms with van der Waals surface area (Å²) in [4.78, 5) is 24.2. The Kier molecular flexibility index (Phi) is 5.26.